The first kappa shape index (κ1) is 26.4. The first-order valence-corrected chi connectivity index (χ1v) is 9.99. The van der Waals surface area contributed by atoms with Crippen LogP contribution in [0.4, 0.5) is 22.0 Å². The predicted molar refractivity (Wildman–Crippen MR) is 102 cm³/mol. The lowest BCUT2D eigenvalue weighted by atomic mass is 9.86. The molecule has 2 aliphatic rings. The Kier molecular flexibility index (Phi) is 9.34. The van der Waals surface area contributed by atoms with Crippen LogP contribution in [0.2, 0.25) is 0 Å². The van der Waals surface area contributed by atoms with Crippen molar-refractivity contribution >= 4 is 5.91 Å². The van der Waals surface area contributed by atoms with Crippen LogP contribution in [-0.2, 0) is 4.79 Å². The van der Waals surface area contributed by atoms with Crippen molar-refractivity contribution in [3.63, 3.8) is 0 Å². The molecule has 2 saturated heterocycles. The molecule has 2 aliphatic heterocycles. The summed E-state index contributed by atoms with van der Waals surface area (Å²) in [6.07, 6.45) is -9.56. The molecule has 0 spiro atoms. The van der Waals surface area contributed by atoms with Crippen LogP contribution in [-0.4, -0.2) is 88.3 Å². The van der Waals surface area contributed by atoms with Gasteiger partial charge in [-0.3, -0.25) is 4.79 Å². The highest BCUT2D eigenvalue weighted by Gasteiger charge is 2.40. The highest BCUT2D eigenvalue weighted by molar-refractivity contribution is 5.73. The number of nitrogens with one attached hydrogen (secondary N) is 1. The van der Waals surface area contributed by atoms with Crippen LogP contribution in [0.3, 0.4) is 0 Å². The Morgan fingerprint density at radius 3 is 2.03 bits per heavy atom. The van der Waals surface area contributed by atoms with Crippen LogP contribution in [0.25, 0.3) is 0 Å². The van der Waals surface area contributed by atoms with Gasteiger partial charge in [0.25, 0.3) is 0 Å². The monoisotopic (exact) mass is 470 g/mol. The number of alkyl halides is 3. The molecule has 3 rings (SSSR count). The van der Waals surface area contributed by atoms with Gasteiger partial charge in [-0.25, -0.2) is 22.0 Å². The van der Waals surface area contributed by atoms with Gasteiger partial charge in [0, 0.05) is 45.1 Å². The summed E-state index contributed by atoms with van der Waals surface area (Å²) >= 11 is 0. The number of likely N-dealkylation sites (tertiary alicyclic amines) is 1. The molecule has 5 N–H and O–H groups in total. The van der Waals surface area contributed by atoms with Gasteiger partial charge in [0.2, 0.25) is 12.3 Å². The van der Waals surface area contributed by atoms with E-state index in [1.54, 1.807) is 0 Å². The molecule has 32 heavy (non-hydrogen) atoms. The third-order valence-corrected chi connectivity index (χ3v) is 5.59. The fourth-order valence-corrected chi connectivity index (χ4v) is 3.72. The van der Waals surface area contributed by atoms with Crippen molar-refractivity contribution in [1.29, 1.82) is 0 Å². The summed E-state index contributed by atoms with van der Waals surface area (Å²) in [5.41, 5.74) is -0.174. The fraction of sp³-hybridized carbons (Fsp3) is 0.650. The molecule has 0 bridgehead atoms. The lowest BCUT2D eigenvalue weighted by molar-refractivity contribution is -0.148. The lowest BCUT2D eigenvalue weighted by Crippen LogP contribution is -2.55. The molecule has 1 aromatic rings. The zero-order valence-electron chi connectivity index (χ0n) is 17.2. The van der Waals surface area contributed by atoms with E-state index in [0.717, 1.165) is 17.0 Å². The van der Waals surface area contributed by atoms with Crippen molar-refractivity contribution in [3.05, 3.63) is 35.4 Å². The third-order valence-electron chi connectivity index (χ3n) is 5.59. The summed E-state index contributed by atoms with van der Waals surface area (Å²) in [7, 11) is 0. The summed E-state index contributed by atoms with van der Waals surface area (Å²) in [5.74, 6) is -4.41. The smallest absolute Gasteiger partial charge is 0.245 e. The molecule has 1 unspecified atom stereocenters. The van der Waals surface area contributed by atoms with Crippen LogP contribution in [0.5, 0.6) is 0 Å². The van der Waals surface area contributed by atoms with Crippen molar-refractivity contribution in [1.82, 2.24) is 10.2 Å². The summed E-state index contributed by atoms with van der Waals surface area (Å²) < 4.78 is 64.9. The minimum Gasteiger partial charge on any atom is -0.390 e. The maximum absolute atomic E-state index is 14.2. The number of β-amino-alcohol motifs (C(OH)–C–C–N with tert-alkyl or cyclic N) is 2. The molecule has 0 radical (unpaired) electrons. The van der Waals surface area contributed by atoms with Gasteiger partial charge in [-0.2, -0.15) is 0 Å². The van der Waals surface area contributed by atoms with Gasteiger partial charge in [0.1, 0.15) is 17.8 Å². The van der Waals surface area contributed by atoms with Gasteiger partial charge in [-0.1, -0.05) is 0 Å². The molecule has 2 heterocycles. The van der Waals surface area contributed by atoms with E-state index in [4.69, 9.17) is 0 Å². The Morgan fingerprint density at radius 2 is 1.50 bits per heavy atom. The molecule has 182 valence electrons. The van der Waals surface area contributed by atoms with Crippen molar-refractivity contribution in [2.45, 2.75) is 43.9 Å². The maximum Gasteiger partial charge on any atom is 0.245 e. The average Bonchev–Trinajstić information content (AvgIpc) is 2.70. The van der Waals surface area contributed by atoms with E-state index in [9.17, 15) is 47.2 Å². The molecule has 0 saturated carbocycles. The second-order valence-corrected chi connectivity index (χ2v) is 7.96. The third kappa shape index (κ3) is 6.58. The Hall–Kier alpha value is -1.86. The number of halogens is 5. The van der Waals surface area contributed by atoms with Gasteiger partial charge >= 0.3 is 0 Å². The molecule has 0 aromatic heterocycles. The van der Waals surface area contributed by atoms with Crippen LogP contribution in [0.15, 0.2) is 18.2 Å². The largest absolute Gasteiger partial charge is 0.390 e. The number of hydrogen-bond acceptors (Lipinski definition) is 6. The highest BCUT2D eigenvalue weighted by Crippen LogP contribution is 2.32. The normalized spacial score (nSPS) is 31.7. The van der Waals surface area contributed by atoms with Gasteiger partial charge in [0.15, 0.2) is 0 Å². The van der Waals surface area contributed by atoms with Gasteiger partial charge in [-0.15, -0.1) is 0 Å². The molecule has 1 aromatic carbocycles. The molecule has 7 atom stereocenters. The van der Waals surface area contributed by atoms with Crippen molar-refractivity contribution in [3.8, 4) is 0 Å². The van der Waals surface area contributed by atoms with E-state index in [-0.39, 0.29) is 37.6 Å². The number of amides is 1. The number of nitrogens with zero attached hydrogens (tertiary/aromatic N) is 1. The van der Waals surface area contributed by atoms with Crippen LogP contribution in [0.1, 0.15) is 18.7 Å². The SMILES string of the molecule is CC(=O)N1C[C@@H](O)[C@H](O)[C@@H](C(F)F)C1.O[C@H]1[C@H](O)CNC[C@@H]1C(F)c1cc(F)cc(F)c1. The number of carbonyl (C=O) groups is 1. The van der Waals surface area contributed by atoms with Crippen molar-refractivity contribution in [2.24, 2.45) is 11.8 Å². The topological polar surface area (TPSA) is 113 Å². The maximum atomic E-state index is 14.2. The van der Waals surface area contributed by atoms with Crippen LogP contribution in [0, 0.1) is 23.5 Å². The van der Waals surface area contributed by atoms with Gasteiger partial charge in [0.05, 0.1) is 30.3 Å². The molecule has 1 amide bonds. The van der Waals surface area contributed by atoms with E-state index in [1.165, 1.54) is 6.92 Å². The zero-order valence-corrected chi connectivity index (χ0v) is 17.2. The minimum absolute atomic E-state index is 0.0836. The van der Waals surface area contributed by atoms with E-state index < -0.39 is 60.5 Å². The standard InChI is InChI=1S/C12H14F3NO2.C8H13F2NO3/c13-7-1-6(2-8(14)3-7)11(15)9-4-16-5-10(17)12(9)18;1-4(12)11-2-5(8(9)10)7(14)6(13)3-11/h1-3,9-12,16-18H,4-5H2;5-8,13-14H,2-3H2,1H3/t9-,10-,11?,12-;5-,6+,7+/m10/s1. The van der Waals surface area contributed by atoms with E-state index in [0.29, 0.717) is 6.07 Å². The number of piperidine rings is 2. The second-order valence-electron chi connectivity index (χ2n) is 7.96. The summed E-state index contributed by atoms with van der Waals surface area (Å²) in [5, 5.41) is 40.4. The Balaban J connectivity index is 0.000000235. The first-order chi connectivity index (χ1) is 14.9. The molecule has 2 fully saturated rings. The number of aliphatic hydroxyl groups is 4. The van der Waals surface area contributed by atoms with Crippen LogP contribution < -0.4 is 5.32 Å². The molecule has 12 heteroatoms. The number of rotatable bonds is 3. The molecular weight excluding hydrogens is 443 g/mol. The summed E-state index contributed by atoms with van der Waals surface area (Å²) in [6, 6.07) is 2.43. The number of carbonyl (C=O) groups excluding carboxylic acids is 1. The van der Waals surface area contributed by atoms with E-state index >= 15 is 0 Å². The molecule has 7 nitrogen and oxygen atoms in total. The number of benzene rings is 1. The summed E-state index contributed by atoms with van der Waals surface area (Å²) in [4.78, 5) is 12.0. The molecule has 0 aliphatic carbocycles. The number of hydrogen-bond donors (Lipinski definition) is 5. The first-order valence-electron chi connectivity index (χ1n) is 9.99. The quantitative estimate of drug-likeness (QED) is 0.408. The van der Waals surface area contributed by atoms with Crippen molar-refractivity contribution in [2.75, 3.05) is 26.2 Å². The minimum atomic E-state index is -2.73. The van der Waals surface area contributed by atoms with Gasteiger partial charge in [-0.05, 0) is 17.7 Å². The Bertz CT molecular complexity index is 754. The van der Waals surface area contributed by atoms with Gasteiger partial charge < -0.3 is 30.6 Å². The van der Waals surface area contributed by atoms with E-state index in [2.05, 4.69) is 5.32 Å². The van der Waals surface area contributed by atoms with E-state index in [1.807, 2.05) is 0 Å². The van der Waals surface area contributed by atoms with Crippen molar-refractivity contribution < 1.29 is 47.2 Å². The number of aliphatic hydroxyl groups excluding tert-OH is 4. The fourth-order valence-electron chi connectivity index (χ4n) is 3.72. The zero-order chi connectivity index (χ0) is 24.2. The predicted octanol–water partition coefficient (Wildman–Crippen LogP) is 0.368. The second kappa shape index (κ2) is 11.3. The lowest BCUT2D eigenvalue weighted by Gasteiger charge is -2.38. The Morgan fingerprint density at radius 1 is 0.938 bits per heavy atom. The highest BCUT2D eigenvalue weighted by atomic mass is 19.3. The molecular formula is C20H27F5N2O5. The Labute approximate surface area is 181 Å². The summed E-state index contributed by atoms with van der Waals surface area (Å²) in [6.45, 7) is 1.26. The average molecular weight is 470 g/mol. The van der Waals surface area contributed by atoms with Crippen LogP contribution >= 0.6 is 0 Å².